The Bertz CT molecular complexity index is 1310. The third kappa shape index (κ3) is 3.88. The van der Waals surface area contributed by atoms with Crippen LogP contribution in [0.2, 0.25) is 0 Å². The van der Waals surface area contributed by atoms with Crippen molar-refractivity contribution in [2.75, 3.05) is 0 Å². The highest BCUT2D eigenvalue weighted by Crippen LogP contribution is 2.30. The number of thioether (sulfide) groups is 1. The van der Waals surface area contributed by atoms with Gasteiger partial charge in [-0.15, -0.1) is 11.3 Å². The van der Waals surface area contributed by atoms with E-state index in [9.17, 15) is 9.59 Å². The van der Waals surface area contributed by atoms with Gasteiger partial charge in [0.1, 0.15) is 15.7 Å². The highest BCUT2D eigenvalue weighted by Gasteiger charge is 2.36. The first-order valence-corrected chi connectivity index (χ1v) is 11.0. The first kappa shape index (κ1) is 20.0. The number of benzene rings is 1. The lowest BCUT2D eigenvalue weighted by atomic mass is 10.1. The van der Waals surface area contributed by atoms with Gasteiger partial charge in [0.15, 0.2) is 5.84 Å². The van der Waals surface area contributed by atoms with Crippen LogP contribution in [0, 0.1) is 5.41 Å². The van der Waals surface area contributed by atoms with Crippen molar-refractivity contribution in [2.24, 2.45) is 10.1 Å². The number of amides is 1. The molecule has 0 unspecified atom stereocenters. The van der Waals surface area contributed by atoms with Gasteiger partial charge >= 0.3 is 5.97 Å². The maximum absolute atomic E-state index is 12.6. The van der Waals surface area contributed by atoms with Crippen molar-refractivity contribution in [2.45, 2.75) is 0 Å². The molecule has 0 saturated heterocycles. The lowest BCUT2D eigenvalue weighted by Crippen LogP contribution is -2.35. The lowest BCUT2D eigenvalue weighted by molar-refractivity contribution is -0.114. The monoisotopic (exact) mass is 459 g/mol. The third-order valence-corrected chi connectivity index (χ3v) is 6.29. The van der Waals surface area contributed by atoms with Gasteiger partial charge in [-0.2, -0.15) is 15.1 Å². The Morgan fingerprint density at radius 3 is 2.69 bits per heavy atom. The molecule has 0 spiro atoms. The molecule has 2 aliphatic heterocycles. The molecule has 0 atom stereocenters. The number of nitrogens with one attached hydrogen (secondary N) is 1. The molecule has 10 heteroatoms. The molecule has 4 heterocycles. The first-order valence-electron chi connectivity index (χ1n) is 9.35. The Labute approximate surface area is 190 Å². The largest absolute Gasteiger partial charge is 0.422 e. The van der Waals surface area contributed by atoms with Crippen molar-refractivity contribution in [1.82, 2.24) is 9.99 Å². The summed E-state index contributed by atoms with van der Waals surface area (Å²) in [6.07, 6.45) is 4.90. The summed E-state index contributed by atoms with van der Waals surface area (Å²) in [6, 6.07) is 13.8. The summed E-state index contributed by atoms with van der Waals surface area (Å²) < 4.78 is 5.34. The molecule has 0 aliphatic carbocycles. The maximum Gasteiger partial charge on any atom is 0.353 e. The summed E-state index contributed by atoms with van der Waals surface area (Å²) in [4.78, 5) is 33.3. The van der Waals surface area contributed by atoms with Gasteiger partial charge in [-0.25, -0.2) is 4.79 Å². The van der Waals surface area contributed by atoms with Crippen molar-refractivity contribution in [3.8, 4) is 5.75 Å². The van der Waals surface area contributed by atoms with Crippen LogP contribution in [0.1, 0.15) is 20.8 Å². The standard InChI is InChI=1S/C22H13N5O3S2/c23-18-16(11-13-5-7-15(8-6-13)30-21(29)17-4-2-10-31-17)19(28)25-22-27(18)26-20(32-22)14-3-1-9-24-12-14/h1-12,23H/b16-11-,23-18?. The highest BCUT2D eigenvalue weighted by atomic mass is 32.2. The number of carbonyl (C=O) groups is 2. The van der Waals surface area contributed by atoms with Crippen molar-refractivity contribution in [3.05, 3.63) is 87.9 Å². The van der Waals surface area contributed by atoms with Crippen LogP contribution in [0.5, 0.6) is 5.75 Å². The quantitative estimate of drug-likeness (QED) is 0.359. The van der Waals surface area contributed by atoms with Gasteiger partial charge in [0.05, 0.1) is 5.57 Å². The van der Waals surface area contributed by atoms with Crippen molar-refractivity contribution >= 4 is 57.1 Å². The molecule has 1 aromatic carbocycles. The molecule has 5 rings (SSSR count). The van der Waals surface area contributed by atoms with Gasteiger partial charge in [-0.05, 0) is 59.1 Å². The minimum absolute atomic E-state index is 0.0559. The van der Waals surface area contributed by atoms with Crippen LogP contribution in [0.3, 0.4) is 0 Å². The van der Waals surface area contributed by atoms with Crippen molar-refractivity contribution in [3.63, 3.8) is 0 Å². The average molecular weight is 460 g/mol. The second kappa shape index (κ2) is 8.33. The number of esters is 1. The summed E-state index contributed by atoms with van der Waals surface area (Å²) in [5, 5.41) is 17.0. The Balaban J connectivity index is 1.35. The van der Waals surface area contributed by atoms with Gasteiger partial charge in [0.2, 0.25) is 5.17 Å². The van der Waals surface area contributed by atoms with Crippen molar-refractivity contribution < 1.29 is 14.3 Å². The van der Waals surface area contributed by atoms with Gasteiger partial charge in [0.25, 0.3) is 5.91 Å². The third-order valence-electron chi connectivity index (χ3n) is 4.49. The molecule has 1 amide bonds. The number of hydrazone groups is 1. The fourth-order valence-electron chi connectivity index (χ4n) is 2.95. The summed E-state index contributed by atoms with van der Waals surface area (Å²) in [6.45, 7) is 0. The van der Waals surface area contributed by atoms with Crippen LogP contribution in [0.25, 0.3) is 6.08 Å². The van der Waals surface area contributed by atoms with Gasteiger partial charge in [-0.1, -0.05) is 18.2 Å². The summed E-state index contributed by atoms with van der Waals surface area (Å²) >= 11 is 2.52. The normalized spacial score (nSPS) is 16.6. The van der Waals surface area contributed by atoms with E-state index in [0.717, 1.165) is 5.56 Å². The number of pyridine rings is 1. The summed E-state index contributed by atoms with van der Waals surface area (Å²) in [7, 11) is 0. The zero-order valence-electron chi connectivity index (χ0n) is 16.3. The lowest BCUT2D eigenvalue weighted by Gasteiger charge is -2.20. The van der Waals surface area contributed by atoms with E-state index < -0.39 is 11.9 Å². The fraction of sp³-hybridized carbons (Fsp3) is 0. The van der Waals surface area contributed by atoms with Crippen LogP contribution in [-0.2, 0) is 4.79 Å². The average Bonchev–Trinajstić information content (AvgIpc) is 3.49. The molecule has 1 N–H and O–H groups in total. The smallest absolute Gasteiger partial charge is 0.353 e. The van der Waals surface area contributed by atoms with Crippen LogP contribution < -0.4 is 4.74 Å². The fourth-order valence-corrected chi connectivity index (χ4v) is 4.43. The molecule has 0 fully saturated rings. The summed E-state index contributed by atoms with van der Waals surface area (Å²) in [5.74, 6) is -0.604. The number of amidine groups is 2. The molecule has 32 heavy (non-hydrogen) atoms. The molecule has 8 nitrogen and oxygen atoms in total. The molecule has 0 saturated carbocycles. The summed E-state index contributed by atoms with van der Waals surface area (Å²) in [5.41, 5.74) is 1.57. The van der Waals surface area contributed by atoms with Crippen molar-refractivity contribution in [1.29, 1.82) is 5.41 Å². The Hall–Kier alpha value is -3.89. The number of carbonyl (C=O) groups excluding carboxylic acids is 2. The van der Waals surface area contributed by atoms with E-state index >= 15 is 0 Å². The van der Waals surface area contributed by atoms with Crippen LogP contribution in [-0.4, -0.2) is 37.9 Å². The number of hydrogen-bond acceptors (Lipinski definition) is 8. The molecular weight excluding hydrogens is 446 g/mol. The number of fused-ring (bicyclic) bond motifs is 1. The van der Waals surface area contributed by atoms with Crippen LogP contribution in [0.4, 0.5) is 0 Å². The second-order valence-corrected chi connectivity index (χ2v) is 8.51. The molecule has 3 aromatic rings. The van der Waals surface area contributed by atoms with Gasteiger partial charge in [-0.3, -0.25) is 15.2 Å². The van der Waals surface area contributed by atoms with E-state index in [2.05, 4.69) is 15.1 Å². The Morgan fingerprint density at radius 2 is 1.97 bits per heavy atom. The number of nitrogens with zero attached hydrogens (tertiary/aromatic N) is 4. The molecule has 2 aromatic heterocycles. The molecular formula is C22H13N5O3S2. The molecule has 156 valence electrons. The second-order valence-electron chi connectivity index (χ2n) is 6.60. The van der Waals surface area contributed by atoms with E-state index in [-0.39, 0.29) is 11.4 Å². The van der Waals surface area contributed by atoms with Crippen LogP contribution >= 0.6 is 23.1 Å². The number of ether oxygens (including phenoxy) is 1. The molecule has 0 radical (unpaired) electrons. The van der Waals surface area contributed by atoms with E-state index in [1.165, 1.54) is 28.1 Å². The predicted molar refractivity (Wildman–Crippen MR) is 124 cm³/mol. The number of aromatic nitrogens is 1. The Kier molecular flexibility index (Phi) is 5.21. The predicted octanol–water partition coefficient (Wildman–Crippen LogP) is 4.03. The SMILES string of the molecule is N=C1/C(=C/c2ccc(OC(=O)c3cccs3)cc2)C(=O)N=C2SC(c3cccnc3)=NN12. The molecule has 2 aliphatic rings. The number of hydrogen-bond donors (Lipinski definition) is 1. The Morgan fingerprint density at radius 1 is 1.12 bits per heavy atom. The van der Waals surface area contributed by atoms with Crippen LogP contribution in [0.15, 0.2) is 82.0 Å². The zero-order chi connectivity index (χ0) is 22.1. The number of thiophene rings is 1. The topological polar surface area (TPSA) is 108 Å². The van der Waals surface area contributed by atoms with E-state index in [0.29, 0.717) is 26.4 Å². The molecule has 0 bridgehead atoms. The maximum atomic E-state index is 12.6. The zero-order valence-corrected chi connectivity index (χ0v) is 17.9. The number of rotatable bonds is 4. The minimum Gasteiger partial charge on any atom is -0.422 e. The van der Waals surface area contributed by atoms with E-state index in [4.69, 9.17) is 10.1 Å². The highest BCUT2D eigenvalue weighted by molar-refractivity contribution is 8.27. The van der Waals surface area contributed by atoms with E-state index in [1.807, 2.05) is 6.07 Å². The number of aliphatic imine (C=N–C) groups is 1. The minimum atomic E-state index is -0.510. The van der Waals surface area contributed by atoms with E-state index in [1.54, 1.807) is 66.3 Å². The first-order chi connectivity index (χ1) is 15.6. The van der Waals surface area contributed by atoms with Gasteiger partial charge in [0, 0.05) is 18.0 Å². The van der Waals surface area contributed by atoms with Gasteiger partial charge < -0.3 is 4.74 Å².